The Kier molecular flexibility index (Phi) is 6.17. The number of nitrogens with one attached hydrogen (secondary N) is 2. The molecule has 0 saturated carbocycles. The first kappa shape index (κ1) is 19.0. The molecule has 4 N–H and O–H groups in total. The van der Waals surface area contributed by atoms with E-state index in [1.165, 1.54) is 0 Å². The molecule has 0 aromatic heterocycles. The van der Waals surface area contributed by atoms with Gasteiger partial charge in [0.15, 0.2) is 0 Å². The molecule has 0 bridgehead atoms. The van der Waals surface area contributed by atoms with Gasteiger partial charge in [-0.1, -0.05) is 37.3 Å². The lowest BCUT2D eigenvalue weighted by Gasteiger charge is -2.20. The standard InChI is InChI=1S/C18H23N3O3S/c1-3-25(23,24)21-16-11-9-15(10-12-16)20-18(22)13(2)17(19)14-7-5-4-6-8-14/h4-13,17,21H,3,19H2,1-2H3,(H,20,22). The van der Waals surface area contributed by atoms with Crippen molar-refractivity contribution in [2.75, 3.05) is 15.8 Å². The van der Waals surface area contributed by atoms with Crippen LogP contribution in [-0.4, -0.2) is 20.1 Å². The monoisotopic (exact) mass is 361 g/mol. The Bertz CT molecular complexity index is 805. The van der Waals surface area contributed by atoms with Gasteiger partial charge in [0.1, 0.15) is 0 Å². The summed E-state index contributed by atoms with van der Waals surface area (Å²) in [4.78, 5) is 12.4. The Morgan fingerprint density at radius 3 is 2.16 bits per heavy atom. The predicted octanol–water partition coefficient (Wildman–Crippen LogP) is 2.72. The molecule has 0 aliphatic carbocycles. The molecule has 134 valence electrons. The van der Waals surface area contributed by atoms with Gasteiger partial charge in [-0.25, -0.2) is 8.42 Å². The molecule has 0 heterocycles. The molecule has 6 nitrogen and oxygen atoms in total. The number of carbonyl (C=O) groups is 1. The predicted molar refractivity (Wildman–Crippen MR) is 101 cm³/mol. The van der Waals surface area contributed by atoms with Crippen molar-refractivity contribution in [1.82, 2.24) is 0 Å². The van der Waals surface area contributed by atoms with Crippen LogP contribution in [0.5, 0.6) is 0 Å². The maximum Gasteiger partial charge on any atom is 0.232 e. The van der Waals surface area contributed by atoms with Gasteiger partial charge in [0, 0.05) is 17.4 Å². The zero-order valence-electron chi connectivity index (χ0n) is 14.3. The topological polar surface area (TPSA) is 101 Å². The van der Waals surface area contributed by atoms with Gasteiger partial charge in [-0.05, 0) is 36.8 Å². The lowest BCUT2D eigenvalue weighted by molar-refractivity contribution is -0.120. The summed E-state index contributed by atoms with van der Waals surface area (Å²) in [5.74, 6) is -0.612. The highest BCUT2D eigenvalue weighted by Gasteiger charge is 2.22. The average Bonchev–Trinajstić information content (AvgIpc) is 2.62. The molecule has 0 radical (unpaired) electrons. The van der Waals surface area contributed by atoms with Crippen molar-refractivity contribution in [1.29, 1.82) is 0 Å². The first-order chi connectivity index (χ1) is 11.8. The Morgan fingerprint density at radius 2 is 1.60 bits per heavy atom. The number of carbonyl (C=O) groups excluding carboxylic acids is 1. The van der Waals surface area contributed by atoms with Crippen molar-refractivity contribution in [3.8, 4) is 0 Å². The third-order valence-corrected chi connectivity index (χ3v) is 5.25. The van der Waals surface area contributed by atoms with Crippen LogP contribution in [0.2, 0.25) is 0 Å². The fourth-order valence-corrected chi connectivity index (χ4v) is 2.90. The van der Waals surface area contributed by atoms with Crippen LogP contribution < -0.4 is 15.8 Å². The lowest BCUT2D eigenvalue weighted by atomic mass is 9.94. The van der Waals surface area contributed by atoms with E-state index >= 15 is 0 Å². The SMILES string of the molecule is CCS(=O)(=O)Nc1ccc(NC(=O)C(C)C(N)c2ccccc2)cc1. The summed E-state index contributed by atoms with van der Waals surface area (Å²) < 4.78 is 25.5. The Morgan fingerprint density at radius 1 is 1.04 bits per heavy atom. The molecule has 2 unspecified atom stereocenters. The zero-order valence-corrected chi connectivity index (χ0v) is 15.1. The normalized spacial score (nSPS) is 13.7. The number of benzene rings is 2. The average molecular weight is 361 g/mol. The van der Waals surface area contributed by atoms with E-state index in [-0.39, 0.29) is 11.7 Å². The van der Waals surface area contributed by atoms with Gasteiger partial charge in [0.25, 0.3) is 0 Å². The molecule has 0 aliphatic heterocycles. The molecule has 25 heavy (non-hydrogen) atoms. The second kappa shape index (κ2) is 8.13. The number of anilines is 2. The highest BCUT2D eigenvalue weighted by atomic mass is 32.2. The Labute approximate surface area is 148 Å². The van der Waals surface area contributed by atoms with E-state index in [2.05, 4.69) is 10.0 Å². The first-order valence-corrected chi connectivity index (χ1v) is 9.69. The number of hydrogen-bond donors (Lipinski definition) is 3. The highest BCUT2D eigenvalue weighted by Crippen LogP contribution is 2.21. The van der Waals surface area contributed by atoms with Crippen molar-refractivity contribution in [3.63, 3.8) is 0 Å². The molecule has 0 aliphatic rings. The van der Waals surface area contributed by atoms with Crippen LogP contribution in [0.25, 0.3) is 0 Å². The number of nitrogens with two attached hydrogens (primary N) is 1. The van der Waals surface area contributed by atoms with Gasteiger partial charge in [-0.15, -0.1) is 0 Å². The molecule has 2 aromatic carbocycles. The van der Waals surface area contributed by atoms with Crippen molar-refractivity contribution >= 4 is 27.3 Å². The van der Waals surface area contributed by atoms with Gasteiger partial charge in [-0.2, -0.15) is 0 Å². The molecule has 1 amide bonds. The maximum absolute atomic E-state index is 12.4. The Hall–Kier alpha value is -2.38. The molecule has 0 spiro atoms. The van der Waals surface area contributed by atoms with E-state index in [9.17, 15) is 13.2 Å². The maximum atomic E-state index is 12.4. The summed E-state index contributed by atoms with van der Waals surface area (Å²) in [6, 6.07) is 15.5. The largest absolute Gasteiger partial charge is 0.326 e. The molecular weight excluding hydrogens is 338 g/mol. The van der Waals surface area contributed by atoms with Crippen LogP contribution in [0.3, 0.4) is 0 Å². The van der Waals surface area contributed by atoms with E-state index in [1.807, 2.05) is 30.3 Å². The number of rotatable bonds is 7. The van der Waals surface area contributed by atoms with Crippen molar-refractivity contribution < 1.29 is 13.2 Å². The van der Waals surface area contributed by atoms with E-state index < -0.39 is 22.0 Å². The fourth-order valence-electron chi connectivity index (χ4n) is 2.26. The van der Waals surface area contributed by atoms with Crippen molar-refractivity contribution in [2.45, 2.75) is 19.9 Å². The molecule has 7 heteroatoms. The van der Waals surface area contributed by atoms with E-state index in [4.69, 9.17) is 5.73 Å². The Balaban J connectivity index is 2.00. The smallest absolute Gasteiger partial charge is 0.232 e. The summed E-state index contributed by atoms with van der Waals surface area (Å²) in [6.07, 6.45) is 0. The molecule has 0 fully saturated rings. The molecule has 0 saturated heterocycles. The van der Waals surface area contributed by atoms with Gasteiger partial charge in [-0.3, -0.25) is 9.52 Å². The van der Waals surface area contributed by atoms with Crippen LogP contribution in [-0.2, 0) is 14.8 Å². The van der Waals surface area contributed by atoms with E-state index in [0.717, 1.165) is 5.56 Å². The molecular formula is C18H23N3O3S. The van der Waals surface area contributed by atoms with Crippen LogP contribution in [0.1, 0.15) is 25.5 Å². The molecule has 2 atom stereocenters. The lowest BCUT2D eigenvalue weighted by Crippen LogP contribution is -2.30. The van der Waals surface area contributed by atoms with Gasteiger partial charge in [0.05, 0.1) is 11.7 Å². The van der Waals surface area contributed by atoms with Crippen LogP contribution in [0, 0.1) is 5.92 Å². The van der Waals surface area contributed by atoms with E-state index in [0.29, 0.717) is 11.4 Å². The summed E-state index contributed by atoms with van der Waals surface area (Å²) in [5, 5.41) is 2.80. The first-order valence-electron chi connectivity index (χ1n) is 8.04. The third-order valence-electron chi connectivity index (χ3n) is 3.94. The van der Waals surface area contributed by atoms with Gasteiger partial charge in [0.2, 0.25) is 15.9 Å². The minimum absolute atomic E-state index is 0.000373. The number of hydrogen-bond acceptors (Lipinski definition) is 4. The van der Waals surface area contributed by atoms with E-state index in [1.54, 1.807) is 38.1 Å². The minimum Gasteiger partial charge on any atom is -0.326 e. The molecule has 2 rings (SSSR count). The summed E-state index contributed by atoms with van der Waals surface area (Å²) in [5.41, 5.74) is 8.09. The van der Waals surface area contributed by atoms with Crippen molar-refractivity contribution in [3.05, 3.63) is 60.2 Å². The van der Waals surface area contributed by atoms with Crippen molar-refractivity contribution in [2.24, 2.45) is 11.7 Å². The van der Waals surface area contributed by atoms with Gasteiger partial charge >= 0.3 is 0 Å². The van der Waals surface area contributed by atoms with Gasteiger partial charge < -0.3 is 11.1 Å². The third kappa shape index (κ3) is 5.30. The van der Waals surface area contributed by atoms with Crippen LogP contribution in [0.15, 0.2) is 54.6 Å². The zero-order chi connectivity index (χ0) is 18.4. The summed E-state index contributed by atoms with van der Waals surface area (Å²) in [7, 11) is -3.32. The quantitative estimate of drug-likeness (QED) is 0.706. The second-order valence-electron chi connectivity index (χ2n) is 5.80. The van der Waals surface area contributed by atoms with Crippen LogP contribution >= 0.6 is 0 Å². The van der Waals surface area contributed by atoms with Crippen LogP contribution in [0.4, 0.5) is 11.4 Å². The minimum atomic E-state index is -3.32. The number of amides is 1. The summed E-state index contributed by atoms with van der Waals surface area (Å²) in [6.45, 7) is 3.34. The highest BCUT2D eigenvalue weighted by molar-refractivity contribution is 7.92. The summed E-state index contributed by atoms with van der Waals surface area (Å²) >= 11 is 0. The molecule has 2 aromatic rings. The second-order valence-corrected chi connectivity index (χ2v) is 7.81. The fraction of sp³-hybridized carbons (Fsp3) is 0.278. The number of sulfonamides is 1.